The molecule has 1 aromatic heterocycles. The summed E-state index contributed by atoms with van der Waals surface area (Å²) in [7, 11) is 1.82. The molecule has 1 N–H and O–H groups in total. The van der Waals surface area contributed by atoms with E-state index >= 15 is 0 Å². The number of alkyl halides is 3. The van der Waals surface area contributed by atoms with Crippen LogP contribution < -0.4 is 5.32 Å². The van der Waals surface area contributed by atoms with E-state index in [0.29, 0.717) is 25.2 Å². The van der Waals surface area contributed by atoms with Crippen LogP contribution in [0.25, 0.3) is 0 Å². The Morgan fingerprint density at radius 3 is 2.58 bits per heavy atom. The minimum Gasteiger partial charge on any atom is -0.340 e. The lowest BCUT2D eigenvalue weighted by Gasteiger charge is -2.07. The molecule has 0 aromatic carbocycles. The Morgan fingerprint density at radius 1 is 1.37 bits per heavy atom. The summed E-state index contributed by atoms with van der Waals surface area (Å²) >= 11 is 0. The lowest BCUT2D eigenvalue weighted by molar-refractivity contribution is -0.135. The Bertz CT molecular complexity index is 455. The molecule has 3 nitrogen and oxygen atoms in total. The maximum atomic E-state index is 11.9. The first-order valence-electron chi connectivity index (χ1n) is 6.18. The molecule has 0 amide bonds. The van der Waals surface area contributed by atoms with Crippen LogP contribution in [0.5, 0.6) is 0 Å². The fourth-order valence-electron chi connectivity index (χ4n) is 1.85. The molecule has 6 heteroatoms. The van der Waals surface area contributed by atoms with Crippen molar-refractivity contribution in [2.45, 2.75) is 38.9 Å². The molecule has 0 fully saturated rings. The number of halogens is 3. The van der Waals surface area contributed by atoms with Gasteiger partial charge in [0, 0.05) is 25.7 Å². The lowest BCUT2D eigenvalue weighted by Crippen LogP contribution is -2.16. The van der Waals surface area contributed by atoms with E-state index < -0.39 is 12.6 Å². The summed E-state index contributed by atoms with van der Waals surface area (Å²) in [6.45, 7) is 3.04. The molecule has 19 heavy (non-hydrogen) atoms. The quantitative estimate of drug-likeness (QED) is 0.809. The summed E-state index contributed by atoms with van der Waals surface area (Å²) < 4.78 is 37.6. The molecule has 0 unspecified atom stereocenters. The molecule has 0 radical (unpaired) electrons. The third-order valence-electron chi connectivity index (χ3n) is 3.13. The van der Waals surface area contributed by atoms with E-state index in [1.165, 1.54) is 0 Å². The van der Waals surface area contributed by atoms with Crippen LogP contribution in [-0.2, 0) is 13.6 Å². The van der Waals surface area contributed by atoms with Crippen molar-refractivity contribution >= 4 is 0 Å². The molecule has 0 saturated heterocycles. The Labute approximate surface area is 111 Å². The zero-order valence-electron chi connectivity index (χ0n) is 11.1. The Hall–Kier alpha value is -1.48. The highest BCUT2D eigenvalue weighted by Gasteiger charge is 2.25. The molecular weight excluding hydrogens is 255 g/mol. The van der Waals surface area contributed by atoms with Crippen LogP contribution in [0.3, 0.4) is 0 Å². The van der Waals surface area contributed by atoms with E-state index in [4.69, 9.17) is 5.26 Å². The van der Waals surface area contributed by atoms with Gasteiger partial charge in [-0.2, -0.15) is 18.4 Å². The first kappa shape index (κ1) is 15.6. The van der Waals surface area contributed by atoms with Gasteiger partial charge < -0.3 is 9.88 Å². The van der Waals surface area contributed by atoms with Crippen molar-refractivity contribution in [1.82, 2.24) is 9.88 Å². The minimum atomic E-state index is -4.06. The predicted octanol–water partition coefficient (Wildman–Crippen LogP) is 3.03. The second-order valence-corrected chi connectivity index (χ2v) is 4.56. The van der Waals surface area contributed by atoms with Crippen molar-refractivity contribution in [3.05, 3.63) is 23.0 Å². The fraction of sp³-hybridized carbons (Fsp3) is 0.615. The van der Waals surface area contributed by atoms with Crippen LogP contribution in [0.2, 0.25) is 0 Å². The summed E-state index contributed by atoms with van der Waals surface area (Å²) in [5.41, 5.74) is 2.60. The van der Waals surface area contributed by atoms with E-state index in [0.717, 1.165) is 11.3 Å². The van der Waals surface area contributed by atoms with E-state index in [2.05, 4.69) is 11.4 Å². The number of nitriles is 1. The van der Waals surface area contributed by atoms with E-state index in [-0.39, 0.29) is 6.42 Å². The number of unbranched alkanes of at least 4 members (excludes halogenated alkanes) is 1. The highest BCUT2D eigenvalue weighted by atomic mass is 19.4. The summed E-state index contributed by atoms with van der Waals surface area (Å²) in [4.78, 5) is 0. The average molecular weight is 273 g/mol. The van der Waals surface area contributed by atoms with Gasteiger partial charge in [-0.25, -0.2) is 0 Å². The van der Waals surface area contributed by atoms with Crippen molar-refractivity contribution in [2.75, 3.05) is 6.54 Å². The molecule has 1 rings (SSSR count). The topological polar surface area (TPSA) is 40.8 Å². The van der Waals surface area contributed by atoms with Gasteiger partial charge in [-0.1, -0.05) is 0 Å². The Kier molecular flexibility index (Phi) is 5.43. The van der Waals surface area contributed by atoms with Crippen molar-refractivity contribution in [2.24, 2.45) is 7.05 Å². The van der Waals surface area contributed by atoms with Gasteiger partial charge in [0.05, 0.1) is 0 Å². The van der Waals surface area contributed by atoms with Gasteiger partial charge in [0.25, 0.3) is 0 Å². The smallest absolute Gasteiger partial charge is 0.340 e. The van der Waals surface area contributed by atoms with Gasteiger partial charge in [0.2, 0.25) is 0 Å². The Balaban J connectivity index is 2.29. The van der Waals surface area contributed by atoms with Crippen LogP contribution in [0.4, 0.5) is 13.2 Å². The first-order valence-corrected chi connectivity index (χ1v) is 6.18. The Morgan fingerprint density at radius 2 is 2.05 bits per heavy atom. The van der Waals surface area contributed by atoms with Crippen LogP contribution in [0.15, 0.2) is 6.07 Å². The van der Waals surface area contributed by atoms with Crippen LogP contribution in [0, 0.1) is 18.3 Å². The molecule has 0 bridgehead atoms. The SMILES string of the molecule is Cc1c(CNCCCCC(F)(F)F)cc(C#N)n1C. The molecule has 106 valence electrons. The fourth-order valence-corrected chi connectivity index (χ4v) is 1.85. The third kappa shape index (κ3) is 4.95. The molecule has 1 aromatic rings. The molecular formula is C13H18F3N3. The van der Waals surface area contributed by atoms with Gasteiger partial charge in [-0.05, 0) is 37.9 Å². The summed E-state index contributed by atoms with van der Waals surface area (Å²) in [5.74, 6) is 0. The van der Waals surface area contributed by atoms with E-state index in [1.807, 2.05) is 14.0 Å². The number of hydrogen-bond donors (Lipinski definition) is 1. The van der Waals surface area contributed by atoms with Crippen LogP contribution in [-0.4, -0.2) is 17.3 Å². The summed E-state index contributed by atoms with van der Waals surface area (Å²) in [5, 5.41) is 12.0. The van der Waals surface area contributed by atoms with E-state index in [9.17, 15) is 13.2 Å². The molecule has 0 aliphatic rings. The number of aromatic nitrogens is 1. The van der Waals surface area contributed by atoms with Gasteiger partial charge in [0.1, 0.15) is 11.8 Å². The van der Waals surface area contributed by atoms with Gasteiger partial charge in [-0.3, -0.25) is 0 Å². The van der Waals surface area contributed by atoms with Crippen molar-refractivity contribution < 1.29 is 13.2 Å². The van der Waals surface area contributed by atoms with Crippen LogP contribution in [0.1, 0.15) is 36.2 Å². The number of hydrogen-bond acceptors (Lipinski definition) is 2. The largest absolute Gasteiger partial charge is 0.389 e. The van der Waals surface area contributed by atoms with Gasteiger partial charge in [-0.15, -0.1) is 0 Å². The molecule has 0 saturated carbocycles. The first-order chi connectivity index (χ1) is 8.85. The maximum absolute atomic E-state index is 11.9. The molecule has 0 atom stereocenters. The van der Waals surface area contributed by atoms with Gasteiger partial charge in [0.15, 0.2) is 0 Å². The minimum absolute atomic E-state index is 0.147. The number of nitrogens with zero attached hydrogens (tertiary/aromatic N) is 2. The predicted molar refractivity (Wildman–Crippen MR) is 66.5 cm³/mol. The zero-order chi connectivity index (χ0) is 14.5. The number of nitrogens with one attached hydrogen (secondary N) is 1. The summed E-state index contributed by atoms with van der Waals surface area (Å²) in [6.07, 6.45) is -4.14. The monoisotopic (exact) mass is 273 g/mol. The normalized spacial score (nSPS) is 11.6. The molecule has 1 heterocycles. The molecule has 0 spiro atoms. The second kappa shape index (κ2) is 6.62. The van der Waals surface area contributed by atoms with Crippen LogP contribution >= 0.6 is 0 Å². The highest BCUT2D eigenvalue weighted by molar-refractivity contribution is 5.33. The molecule has 0 aliphatic carbocycles. The van der Waals surface area contributed by atoms with Crippen molar-refractivity contribution in [3.8, 4) is 6.07 Å². The van der Waals surface area contributed by atoms with Crippen molar-refractivity contribution in [3.63, 3.8) is 0 Å². The number of rotatable bonds is 6. The zero-order valence-corrected chi connectivity index (χ0v) is 11.1. The van der Waals surface area contributed by atoms with Crippen molar-refractivity contribution in [1.29, 1.82) is 5.26 Å². The average Bonchev–Trinajstić information content (AvgIpc) is 2.60. The maximum Gasteiger partial charge on any atom is 0.389 e. The third-order valence-corrected chi connectivity index (χ3v) is 3.13. The van der Waals surface area contributed by atoms with E-state index in [1.54, 1.807) is 10.6 Å². The van der Waals surface area contributed by atoms with Gasteiger partial charge >= 0.3 is 6.18 Å². The second-order valence-electron chi connectivity index (χ2n) is 4.56. The standard InChI is InChI=1S/C13H18F3N3/c1-10-11(7-12(8-17)19(10)2)9-18-6-4-3-5-13(14,15)16/h7,18H,3-6,9H2,1-2H3. The summed E-state index contributed by atoms with van der Waals surface area (Å²) in [6, 6.07) is 3.90. The molecule has 0 aliphatic heterocycles. The highest BCUT2D eigenvalue weighted by Crippen LogP contribution is 2.21. The lowest BCUT2D eigenvalue weighted by atomic mass is 10.2.